The van der Waals surface area contributed by atoms with E-state index in [1.807, 2.05) is 54.1 Å². The van der Waals surface area contributed by atoms with E-state index in [0.717, 1.165) is 34.8 Å². The minimum absolute atomic E-state index is 0.124. The fourth-order valence-electron chi connectivity index (χ4n) is 2.94. The lowest BCUT2D eigenvalue weighted by Gasteiger charge is -2.07. The molecule has 0 fully saturated rings. The lowest BCUT2D eigenvalue weighted by molar-refractivity contribution is -0.111. The van der Waals surface area contributed by atoms with Crippen molar-refractivity contribution < 1.29 is 4.79 Å². The molecule has 0 radical (unpaired) electrons. The van der Waals surface area contributed by atoms with Gasteiger partial charge in [-0.25, -0.2) is 4.98 Å². The third-order valence-corrected chi connectivity index (χ3v) is 4.95. The van der Waals surface area contributed by atoms with Crippen molar-refractivity contribution in [2.24, 2.45) is 0 Å². The highest BCUT2D eigenvalue weighted by atomic mass is 32.1. The number of hydrogen-bond acceptors (Lipinski definition) is 3. The zero-order chi connectivity index (χ0) is 16.4. The number of imidazole rings is 1. The number of rotatable bonds is 4. The van der Waals surface area contributed by atoms with Gasteiger partial charge in [0.25, 0.3) is 0 Å². The maximum atomic E-state index is 12.0. The number of thiophene rings is 1. The van der Waals surface area contributed by atoms with Crippen LogP contribution in [0, 0.1) is 0 Å². The summed E-state index contributed by atoms with van der Waals surface area (Å²) in [6, 6.07) is 11.9. The predicted octanol–water partition coefficient (Wildman–Crippen LogP) is 4.21. The van der Waals surface area contributed by atoms with E-state index in [0.29, 0.717) is 0 Å². The van der Waals surface area contributed by atoms with E-state index in [2.05, 4.69) is 14.9 Å². The van der Waals surface area contributed by atoms with E-state index in [4.69, 9.17) is 0 Å². The van der Waals surface area contributed by atoms with Gasteiger partial charge in [-0.3, -0.25) is 4.79 Å². The topological polar surface area (TPSA) is 46.9 Å². The molecule has 5 heteroatoms. The van der Waals surface area contributed by atoms with Crippen molar-refractivity contribution in [1.82, 2.24) is 9.55 Å². The van der Waals surface area contributed by atoms with Crippen LogP contribution in [0.25, 0.3) is 17.3 Å². The molecule has 120 valence electrons. The smallest absolute Gasteiger partial charge is 0.248 e. The number of amides is 1. The molecular weight excluding hydrogens is 318 g/mol. The van der Waals surface area contributed by atoms with Crippen LogP contribution in [-0.4, -0.2) is 15.5 Å². The van der Waals surface area contributed by atoms with Crippen LogP contribution in [0.15, 0.2) is 54.1 Å². The largest absolute Gasteiger partial charge is 0.328 e. The zero-order valence-electron chi connectivity index (χ0n) is 13.1. The first-order chi connectivity index (χ1) is 11.8. The van der Waals surface area contributed by atoms with Crippen molar-refractivity contribution in [1.29, 1.82) is 0 Å². The molecule has 1 aliphatic rings. The second kappa shape index (κ2) is 6.45. The van der Waals surface area contributed by atoms with Gasteiger partial charge in [-0.05, 0) is 41.6 Å². The summed E-state index contributed by atoms with van der Waals surface area (Å²) in [5.41, 5.74) is 3.07. The number of aromatic nitrogens is 2. The molecule has 0 bridgehead atoms. The second-order valence-electron chi connectivity index (χ2n) is 5.73. The number of benzene rings is 1. The Hall–Kier alpha value is -2.66. The SMILES string of the molecule is O=C(/C=C/c1cccs1)Nc1ccc(-c2cnc3n2CCC3)cc1. The number of nitrogens with zero attached hydrogens (tertiary/aromatic N) is 2. The first-order valence-electron chi connectivity index (χ1n) is 7.97. The number of fused-ring (bicyclic) bond motifs is 1. The maximum absolute atomic E-state index is 12.0. The van der Waals surface area contributed by atoms with Crippen LogP contribution in [-0.2, 0) is 17.8 Å². The highest BCUT2D eigenvalue weighted by Crippen LogP contribution is 2.26. The molecule has 2 aromatic heterocycles. The molecule has 0 saturated carbocycles. The second-order valence-corrected chi connectivity index (χ2v) is 6.71. The standard InChI is InChI=1S/C19H17N3OS/c23-19(10-9-16-3-2-12-24-16)21-15-7-5-14(6-8-15)17-13-20-18-4-1-11-22(17)18/h2-3,5-10,12-13H,1,4,11H2,(H,21,23)/b10-9+. The van der Waals surface area contributed by atoms with Crippen molar-refractivity contribution in [2.45, 2.75) is 19.4 Å². The number of anilines is 1. The van der Waals surface area contributed by atoms with Gasteiger partial charge in [-0.15, -0.1) is 11.3 Å². The van der Waals surface area contributed by atoms with E-state index in [1.54, 1.807) is 17.4 Å². The molecule has 0 spiro atoms. The van der Waals surface area contributed by atoms with Gasteiger partial charge >= 0.3 is 0 Å². The molecule has 1 aliphatic heterocycles. The van der Waals surface area contributed by atoms with Crippen molar-refractivity contribution in [3.8, 4) is 11.3 Å². The van der Waals surface area contributed by atoms with Crippen LogP contribution in [0.5, 0.6) is 0 Å². The molecule has 24 heavy (non-hydrogen) atoms. The van der Waals surface area contributed by atoms with Crippen molar-refractivity contribution in [2.75, 3.05) is 5.32 Å². The number of carbonyl (C=O) groups excluding carboxylic acids is 1. The van der Waals surface area contributed by atoms with Gasteiger partial charge in [-0.2, -0.15) is 0 Å². The normalized spacial score (nSPS) is 13.3. The first kappa shape index (κ1) is 14.9. The highest BCUT2D eigenvalue weighted by molar-refractivity contribution is 7.10. The molecule has 0 saturated heterocycles. The van der Waals surface area contributed by atoms with Gasteiger partial charge < -0.3 is 9.88 Å². The lowest BCUT2D eigenvalue weighted by Crippen LogP contribution is -2.07. The highest BCUT2D eigenvalue weighted by Gasteiger charge is 2.16. The van der Waals surface area contributed by atoms with Gasteiger partial charge in [0, 0.05) is 29.6 Å². The van der Waals surface area contributed by atoms with Gasteiger partial charge in [0.2, 0.25) is 5.91 Å². The van der Waals surface area contributed by atoms with Gasteiger partial charge in [-0.1, -0.05) is 18.2 Å². The van der Waals surface area contributed by atoms with Crippen molar-refractivity contribution in [3.63, 3.8) is 0 Å². The van der Waals surface area contributed by atoms with Crippen LogP contribution < -0.4 is 5.32 Å². The number of carbonyl (C=O) groups is 1. The molecule has 1 aromatic carbocycles. The summed E-state index contributed by atoms with van der Waals surface area (Å²) in [5, 5.41) is 4.88. The van der Waals surface area contributed by atoms with E-state index >= 15 is 0 Å². The number of hydrogen-bond donors (Lipinski definition) is 1. The van der Waals surface area contributed by atoms with Crippen LogP contribution in [0.1, 0.15) is 17.1 Å². The Morgan fingerprint density at radius 2 is 2.12 bits per heavy atom. The Morgan fingerprint density at radius 1 is 1.25 bits per heavy atom. The minimum Gasteiger partial charge on any atom is -0.328 e. The molecular formula is C19H17N3OS. The van der Waals surface area contributed by atoms with E-state index < -0.39 is 0 Å². The Bertz CT molecular complexity index is 876. The van der Waals surface area contributed by atoms with Gasteiger partial charge in [0.15, 0.2) is 0 Å². The fraction of sp³-hybridized carbons (Fsp3) is 0.158. The monoisotopic (exact) mass is 335 g/mol. The maximum Gasteiger partial charge on any atom is 0.248 e. The summed E-state index contributed by atoms with van der Waals surface area (Å²) in [6.07, 6.45) is 7.55. The van der Waals surface area contributed by atoms with Crippen LogP contribution in [0.4, 0.5) is 5.69 Å². The van der Waals surface area contributed by atoms with E-state index in [-0.39, 0.29) is 5.91 Å². The third-order valence-electron chi connectivity index (χ3n) is 4.11. The Morgan fingerprint density at radius 3 is 2.92 bits per heavy atom. The zero-order valence-corrected chi connectivity index (χ0v) is 13.9. The molecule has 1 amide bonds. The fourth-order valence-corrected chi connectivity index (χ4v) is 3.56. The van der Waals surface area contributed by atoms with Crippen LogP contribution >= 0.6 is 11.3 Å². The summed E-state index contributed by atoms with van der Waals surface area (Å²) < 4.78 is 2.28. The number of aryl methyl sites for hydroxylation is 1. The summed E-state index contributed by atoms with van der Waals surface area (Å²) in [7, 11) is 0. The first-order valence-corrected chi connectivity index (χ1v) is 8.85. The summed E-state index contributed by atoms with van der Waals surface area (Å²) in [4.78, 5) is 17.5. The quantitative estimate of drug-likeness (QED) is 0.726. The lowest BCUT2D eigenvalue weighted by atomic mass is 10.1. The van der Waals surface area contributed by atoms with E-state index in [9.17, 15) is 4.79 Å². The average molecular weight is 335 g/mol. The average Bonchev–Trinajstić information content (AvgIpc) is 3.32. The molecule has 3 aromatic rings. The Labute approximate surface area is 144 Å². The van der Waals surface area contributed by atoms with Gasteiger partial charge in [0.05, 0.1) is 11.9 Å². The van der Waals surface area contributed by atoms with Crippen LogP contribution in [0.3, 0.4) is 0 Å². The Kier molecular flexibility index (Phi) is 4.01. The molecule has 0 unspecified atom stereocenters. The number of nitrogens with one attached hydrogen (secondary N) is 1. The molecule has 0 aliphatic carbocycles. The van der Waals surface area contributed by atoms with Crippen molar-refractivity contribution >= 4 is 29.0 Å². The Balaban J connectivity index is 1.45. The summed E-state index contributed by atoms with van der Waals surface area (Å²) in [6.45, 7) is 1.04. The van der Waals surface area contributed by atoms with E-state index in [1.165, 1.54) is 12.2 Å². The van der Waals surface area contributed by atoms with Gasteiger partial charge in [0.1, 0.15) is 5.82 Å². The van der Waals surface area contributed by atoms with Crippen molar-refractivity contribution in [3.05, 3.63) is 64.8 Å². The molecule has 3 heterocycles. The molecule has 4 rings (SSSR count). The van der Waals surface area contributed by atoms with Crippen LogP contribution in [0.2, 0.25) is 0 Å². The molecule has 4 nitrogen and oxygen atoms in total. The summed E-state index contributed by atoms with van der Waals surface area (Å²) >= 11 is 1.61. The summed E-state index contributed by atoms with van der Waals surface area (Å²) in [5.74, 6) is 1.04. The minimum atomic E-state index is -0.124. The predicted molar refractivity (Wildman–Crippen MR) is 98.0 cm³/mol. The third kappa shape index (κ3) is 3.03. The molecule has 1 N–H and O–H groups in total. The molecule has 0 atom stereocenters.